The molecule has 0 radical (unpaired) electrons. The normalized spacial score (nSPS) is 18.6. The summed E-state index contributed by atoms with van der Waals surface area (Å²) in [6, 6.07) is 0. The lowest BCUT2D eigenvalue weighted by Gasteiger charge is -2.31. The van der Waals surface area contributed by atoms with E-state index < -0.39 is 0 Å². The van der Waals surface area contributed by atoms with E-state index in [9.17, 15) is 9.59 Å². The summed E-state index contributed by atoms with van der Waals surface area (Å²) < 4.78 is 8.96. The van der Waals surface area contributed by atoms with Crippen molar-refractivity contribution in [2.75, 3.05) is 19.7 Å². The van der Waals surface area contributed by atoms with E-state index in [1.807, 2.05) is 6.92 Å². The molecule has 0 bridgehead atoms. The quantitative estimate of drug-likeness (QED) is 0.777. The van der Waals surface area contributed by atoms with Crippen LogP contribution in [0.4, 0.5) is 0 Å². The molecule has 1 aromatic rings. The second kappa shape index (κ2) is 7.49. The van der Waals surface area contributed by atoms with E-state index in [4.69, 9.17) is 4.74 Å². The third kappa shape index (κ3) is 3.78. The Labute approximate surface area is 128 Å². The summed E-state index contributed by atoms with van der Waals surface area (Å²) in [6.45, 7) is 5.33. The van der Waals surface area contributed by atoms with E-state index in [-0.39, 0.29) is 17.8 Å². The van der Waals surface area contributed by atoms with Crippen LogP contribution in [0.3, 0.4) is 0 Å². The molecule has 6 nitrogen and oxygen atoms in total. The Morgan fingerprint density at radius 3 is 2.95 bits per heavy atom. The molecular formula is C14H21N3O3S. The minimum Gasteiger partial charge on any atom is -0.466 e. The Bertz CT molecular complexity index is 503. The molecule has 1 saturated heterocycles. The first-order valence-electron chi connectivity index (χ1n) is 7.44. The summed E-state index contributed by atoms with van der Waals surface area (Å²) in [6.07, 6.45) is 3.29. The molecule has 1 aliphatic rings. The number of ether oxygens (including phenoxy) is 1. The van der Waals surface area contributed by atoms with Gasteiger partial charge in [-0.2, -0.15) is 0 Å². The maximum Gasteiger partial charge on any atom is 0.310 e. The largest absolute Gasteiger partial charge is 0.466 e. The highest BCUT2D eigenvalue weighted by atomic mass is 32.1. The average Bonchev–Trinajstić information content (AvgIpc) is 2.95. The van der Waals surface area contributed by atoms with Crippen LogP contribution in [0.5, 0.6) is 0 Å². The monoisotopic (exact) mass is 311 g/mol. The van der Waals surface area contributed by atoms with Crippen molar-refractivity contribution in [2.24, 2.45) is 5.92 Å². The van der Waals surface area contributed by atoms with Crippen molar-refractivity contribution < 1.29 is 14.3 Å². The highest BCUT2D eigenvalue weighted by Gasteiger charge is 2.31. The lowest BCUT2D eigenvalue weighted by atomic mass is 9.98. The molecular weight excluding hydrogens is 290 g/mol. The Morgan fingerprint density at radius 1 is 1.43 bits per heavy atom. The number of piperidine rings is 1. The second-order valence-electron chi connectivity index (χ2n) is 5.14. The highest BCUT2D eigenvalue weighted by molar-refractivity contribution is 7.08. The standard InChI is InChI=1S/C14H21N3O3S/c1-3-6-11-12(21-16-15-11)13(18)17-8-5-7-10(9-17)14(19)20-4-2/h10H,3-9H2,1-2H3. The van der Waals surface area contributed by atoms with Gasteiger partial charge < -0.3 is 9.64 Å². The van der Waals surface area contributed by atoms with Crippen LogP contribution < -0.4 is 0 Å². The Morgan fingerprint density at radius 2 is 2.24 bits per heavy atom. The van der Waals surface area contributed by atoms with Crippen LogP contribution in [0.15, 0.2) is 0 Å². The van der Waals surface area contributed by atoms with Crippen LogP contribution in [0.1, 0.15) is 48.5 Å². The second-order valence-corrected chi connectivity index (χ2v) is 5.90. The van der Waals surface area contributed by atoms with Crippen molar-refractivity contribution in [1.82, 2.24) is 14.5 Å². The van der Waals surface area contributed by atoms with Crippen LogP contribution in [0.2, 0.25) is 0 Å². The number of likely N-dealkylation sites (tertiary alicyclic amines) is 1. The molecule has 2 rings (SSSR count). The smallest absolute Gasteiger partial charge is 0.310 e. The first kappa shape index (κ1) is 15.9. The van der Waals surface area contributed by atoms with Gasteiger partial charge in [-0.1, -0.05) is 17.8 Å². The Hall–Kier alpha value is -1.50. The topological polar surface area (TPSA) is 72.4 Å². The van der Waals surface area contributed by atoms with Gasteiger partial charge >= 0.3 is 5.97 Å². The van der Waals surface area contributed by atoms with E-state index in [1.54, 1.807) is 11.8 Å². The zero-order valence-corrected chi connectivity index (χ0v) is 13.3. The number of hydrogen-bond donors (Lipinski definition) is 0. The number of aryl methyl sites for hydroxylation is 1. The molecule has 116 valence electrons. The van der Waals surface area contributed by atoms with Gasteiger partial charge in [0.05, 0.1) is 18.2 Å². The summed E-state index contributed by atoms with van der Waals surface area (Å²) in [5, 5.41) is 4.03. The van der Waals surface area contributed by atoms with E-state index in [0.717, 1.165) is 42.9 Å². The maximum absolute atomic E-state index is 12.6. The summed E-state index contributed by atoms with van der Waals surface area (Å²) in [5.41, 5.74) is 0.769. The molecule has 0 N–H and O–H groups in total. The molecule has 0 saturated carbocycles. The number of carbonyl (C=O) groups excluding carboxylic acids is 2. The van der Waals surface area contributed by atoms with Gasteiger partial charge in [0.25, 0.3) is 5.91 Å². The first-order chi connectivity index (χ1) is 10.2. The minimum atomic E-state index is -0.210. The predicted octanol–water partition coefficient (Wildman–Crippen LogP) is 1.91. The molecule has 1 unspecified atom stereocenters. The molecule has 1 aliphatic heterocycles. The molecule has 1 aromatic heterocycles. The molecule has 2 heterocycles. The lowest BCUT2D eigenvalue weighted by molar-refractivity contribution is -0.149. The molecule has 7 heteroatoms. The molecule has 0 spiro atoms. The first-order valence-corrected chi connectivity index (χ1v) is 8.21. The number of aromatic nitrogens is 2. The summed E-state index contributed by atoms with van der Waals surface area (Å²) in [4.78, 5) is 26.8. The van der Waals surface area contributed by atoms with Gasteiger partial charge in [-0.05, 0) is 37.7 Å². The molecule has 1 fully saturated rings. The fourth-order valence-corrected chi connectivity index (χ4v) is 3.21. The van der Waals surface area contributed by atoms with Crippen molar-refractivity contribution in [1.29, 1.82) is 0 Å². The van der Waals surface area contributed by atoms with Crippen LogP contribution in [0.25, 0.3) is 0 Å². The zero-order valence-electron chi connectivity index (χ0n) is 12.5. The van der Waals surface area contributed by atoms with Gasteiger partial charge in [0, 0.05) is 13.1 Å². The third-order valence-corrected chi connectivity index (χ3v) is 4.32. The lowest BCUT2D eigenvalue weighted by Crippen LogP contribution is -2.42. The van der Waals surface area contributed by atoms with Crippen LogP contribution in [-0.4, -0.2) is 46.1 Å². The number of nitrogens with zero attached hydrogens (tertiary/aromatic N) is 3. The Balaban J connectivity index is 2.05. The number of carbonyl (C=O) groups is 2. The molecule has 1 atom stereocenters. The average molecular weight is 311 g/mol. The molecule has 1 amide bonds. The molecule has 0 aliphatic carbocycles. The van der Waals surface area contributed by atoms with E-state index in [1.165, 1.54) is 0 Å². The maximum atomic E-state index is 12.6. The molecule has 21 heavy (non-hydrogen) atoms. The van der Waals surface area contributed by atoms with Gasteiger partial charge in [-0.25, -0.2) is 0 Å². The fraction of sp³-hybridized carbons (Fsp3) is 0.714. The third-order valence-electron chi connectivity index (χ3n) is 3.57. The van der Waals surface area contributed by atoms with Crippen LogP contribution in [0, 0.1) is 5.92 Å². The van der Waals surface area contributed by atoms with Gasteiger partial charge in [0.2, 0.25) is 0 Å². The van der Waals surface area contributed by atoms with Crippen molar-refractivity contribution in [2.45, 2.75) is 39.5 Å². The van der Waals surface area contributed by atoms with Crippen molar-refractivity contribution >= 4 is 23.4 Å². The van der Waals surface area contributed by atoms with E-state index >= 15 is 0 Å². The number of amides is 1. The van der Waals surface area contributed by atoms with Gasteiger partial charge in [-0.3, -0.25) is 9.59 Å². The van der Waals surface area contributed by atoms with Crippen molar-refractivity contribution in [3.8, 4) is 0 Å². The van der Waals surface area contributed by atoms with Gasteiger partial charge in [0.15, 0.2) is 0 Å². The number of esters is 1. The van der Waals surface area contributed by atoms with Crippen molar-refractivity contribution in [3.63, 3.8) is 0 Å². The molecule has 0 aromatic carbocycles. The predicted molar refractivity (Wildman–Crippen MR) is 79.2 cm³/mol. The minimum absolute atomic E-state index is 0.0533. The van der Waals surface area contributed by atoms with E-state index in [0.29, 0.717) is 24.6 Å². The summed E-state index contributed by atoms with van der Waals surface area (Å²) in [7, 11) is 0. The number of hydrogen-bond acceptors (Lipinski definition) is 6. The number of rotatable bonds is 5. The van der Waals surface area contributed by atoms with Crippen molar-refractivity contribution in [3.05, 3.63) is 10.6 Å². The highest BCUT2D eigenvalue weighted by Crippen LogP contribution is 2.22. The summed E-state index contributed by atoms with van der Waals surface area (Å²) >= 11 is 1.14. The van der Waals surface area contributed by atoms with Gasteiger partial charge in [-0.15, -0.1) is 5.10 Å². The zero-order chi connectivity index (χ0) is 15.2. The van der Waals surface area contributed by atoms with Gasteiger partial charge in [0.1, 0.15) is 4.88 Å². The van der Waals surface area contributed by atoms with Crippen LogP contribution in [-0.2, 0) is 16.0 Å². The fourth-order valence-electron chi connectivity index (χ4n) is 2.53. The van der Waals surface area contributed by atoms with Crippen LogP contribution >= 0.6 is 11.5 Å². The SMILES string of the molecule is CCCc1nnsc1C(=O)N1CCCC(C(=O)OCC)C1. The summed E-state index contributed by atoms with van der Waals surface area (Å²) in [5.74, 6) is -0.466. The van der Waals surface area contributed by atoms with E-state index in [2.05, 4.69) is 9.59 Å². The Kier molecular flexibility index (Phi) is 5.67.